The predicted octanol–water partition coefficient (Wildman–Crippen LogP) is 1.41. The second-order valence-electron chi connectivity index (χ2n) is 2.81. The van der Waals surface area contributed by atoms with Crippen molar-refractivity contribution >= 4 is 37.3 Å². The molecule has 0 aliphatic heterocycles. The Labute approximate surface area is 107 Å². The van der Waals surface area contributed by atoms with Gasteiger partial charge in [-0.3, -0.25) is 0 Å². The highest BCUT2D eigenvalue weighted by atomic mass is 79.9. The maximum absolute atomic E-state index is 11.7. The first-order valence-electron chi connectivity index (χ1n) is 4.30. The van der Waals surface area contributed by atoms with Crippen LogP contribution in [0.1, 0.15) is 0 Å². The van der Waals surface area contributed by atoms with Crippen LogP contribution in [0.4, 0.5) is 0 Å². The summed E-state index contributed by atoms with van der Waals surface area (Å²) >= 11 is 4.36. The topological polar surface area (TPSA) is 64.6 Å². The summed E-state index contributed by atoms with van der Waals surface area (Å²) in [4.78, 5) is 0. The first kappa shape index (κ1) is 14.1. The fourth-order valence-corrected chi connectivity index (χ4v) is 4.02. The number of rotatable bonds is 6. The Bertz CT molecular complexity index is 427. The van der Waals surface area contributed by atoms with Crippen molar-refractivity contribution in [2.45, 2.75) is 10.5 Å². The number of hydrogen-bond acceptors (Lipinski definition) is 5. The van der Waals surface area contributed by atoms with E-state index in [0.29, 0.717) is 0 Å². The molecule has 0 saturated heterocycles. The lowest BCUT2D eigenvalue weighted by molar-refractivity contribution is -0.0960. The van der Waals surface area contributed by atoms with E-state index in [-0.39, 0.29) is 10.8 Å². The molecule has 0 fully saturated rings. The van der Waals surface area contributed by atoms with Crippen molar-refractivity contribution < 1.29 is 17.9 Å². The highest BCUT2D eigenvalue weighted by molar-refractivity contribution is 9.11. The van der Waals surface area contributed by atoms with Gasteiger partial charge in [0.25, 0.3) is 0 Å². The van der Waals surface area contributed by atoms with Crippen LogP contribution in [0.5, 0.6) is 0 Å². The number of ether oxygens (including phenoxy) is 2. The third-order valence-electron chi connectivity index (χ3n) is 1.78. The summed E-state index contributed by atoms with van der Waals surface area (Å²) in [6.07, 6.45) is -0.585. The van der Waals surface area contributed by atoms with Gasteiger partial charge in [0.1, 0.15) is 4.21 Å². The summed E-state index contributed by atoms with van der Waals surface area (Å²) in [5, 5.41) is 0. The van der Waals surface area contributed by atoms with Gasteiger partial charge in [-0.05, 0) is 28.1 Å². The fourth-order valence-electron chi connectivity index (χ4n) is 0.954. The molecule has 1 heterocycles. The number of methoxy groups -OCH3 is 2. The SMILES string of the molecule is COC(CNS(=O)(=O)c1ccc(Br)s1)OC. The Morgan fingerprint density at radius 1 is 1.44 bits per heavy atom. The molecule has 1 rings (SSSR count). The van der Waals surface area contributed by atoms with E-state index in [4.69, 9.17) is 9.47 Å². The van der Waals surface area contributed by atoms with Crippen molar-refractivity contribution in [2.24, 2.45) is 0 Å². The lowest BCUT2D eigenvalue weighted by atomic mass is 10.6. The molecule has 0 aliphatic carbocycles. The van der Waals surface area contributed by atoms with Crippen molar-refractivity contribution in [3.05, 3.63) is 15.9 Å². The van der Waals surface area contributed by atoms with E-state index >= 15 is 0 Å². The second-order valence-corrected chi connectivity index (χ2v) is 7.27. The molecule has 8 heteroatoms. The largest absolute Gasteiger partial charge is 0.355 e. The quantitative estimate of drug-likeness (QED) is 0.801. The van der Waals surface area contributed by atoms with Crippen molar-refractivity contribution in [3.8, 4) is 0 Å². The van der Waals surface area contributed by atoms with Crippen LogP contribution in [0.2, 0.25) is 0 Å². The Hall–Kier alpha value is 0.01000. The minimum Gasteiger partial charge on any atom is -0.355 e. The smallest absolute Gasteiger partial charge is 0.250 e. The monoisotopic (exact) mass is 329 g/mol. The maximum Gasteiger partial charge on any atom is 0.250 e. The average molecular weight is 330 g/mol. The lowest BCUT2D eigenvalue weighted by Gasteiger charge is -2.13. The van der Waals surface area contributed by atoms with Gasteiger partial charge in [0.2, 0.25) is 10.0 Å². The first-order valence-corrected chi connectivity index (χ1v) is 7.39. The molecule has 0 bridgehead atoms. The molecular weight excluding hydrogens is 318 g/mol. The number of halogens is 1. The molecule has 1 N–H and O–H groups in total. The Morgan fingerprint density at radius 2 is 2.06 bits per heavy atom. The molecular formula is C8H12BrNO4S2. The van der Waals surface area contributed by atoms with Crippen LogP contribution in [0.25, 0.3) is 0 Å². The Morgan fingerprint density at radius 3 is 2.50 bits per heavy atom. The zero-order chi connectivity index (χ0) is 12.2. The van der Waals surface area contributed by atoms with Crippen molar-refractivity contribution in [3.63, 3.8) is 0 Å². The molecule has 0 radical (unpaired) electrons. The second kappa shape index (κ2) is 6.08. The molecule has 1 aromatic heterocycles. The molecule has 0 atom stereocenters. The van der Waals surface area contributed by atoms with Gasteiger partial charge in [-0.25, -0.2) is 13.1 Å². The Kier molecular flexibility index (Phi) is 5.35. The van der Waals surface area contributed by atoms with Gasteiger partial charge in [-0.15, -0.1) is 11.3 Å². The maximum atomic E-state index is 11.7. The van der Waals surface area contributed by atoms with Crippen LogP contribution in [0, 0.1) is 0 Å². The van der Waals surface area contributed by atoms with E-state index in [1.807, 2.05) is 0 Å². The summed E-state index contributed by atoms with van der Waals surface area (Å²) < 4.78 is 36.7. The van der Waals surface area contributed by atoms with E-state index in [0.717, 1.165) is 15.1 Å². The normalized spacial score (nSPS) is 12.2. The zero-order valence-corrected chi connectivity index (χ0v) is 12.0. The Balaban J connectivity index is 2.66. The van der Waals surface area contributed by atoms with E-state index in [9.17, 15) is 8.42 Å². The summed E-state index contributed by atoms with van der Waals surface area (Å²) in [6.45, 7) is 0.0743. The van der Waals surface area contributed by atoms with Gasteiger partial charge in [0, 0.05) is 14.2 Å². The number of hydrogen-bond donors (Lipinski definition) is 1. The summed E-state index contributed by atoms with van der Waals surface area (Å²) in [5.41, 5.74) is 0. The van der Waals surface area contributed by atoms with Gasteiger partial charge in [-0.2, -0.15) is 0 Å². The van der Waals surface area contributed by atoms with Gasteiger partial charge in [-0.1, -0.05) is 0 Å². The van der Waals surface area contributed by atoms with Crippen LogP contribution >= 0.6 is 27.3 Å². The minimum absolute atomic E-state index is 0.0743. The molecule has 16 heavy (non-hydrogen) atoms. The van der Waals surface area contributed by atoms with Crippen LogP contribution in [-0.2, 0) is 19.5 Å². The van der Waals surface area contributed by atoms with E-state index in [2.05, 4.69) is 20.7 Å². The van der Waals surface area contributed by atoms with Gasteiger partial charge >= 0.3 is 0 Å². The summed E-state index contributed by atoms with van der Waals surface area (Å²) in [7, 11) is -0.579. The van der Waals surface area contributed by atoms with Crippen molar-refractivity contribution in [1.29, 1.82) is 0 Å². The molecule has 5 nitrogen and oxygen atoms in total. The molecule has 0 aromatic carbocycles. The van der Waals surface area contributed by atoms with Gasteiger partial charge in [0.05, 0.1) is 10.3 Å². The van der Waals surface area contributed by atoms with E-state index in [1.165, 1.54) is 20.3 Å². The summed E-state index contributed by atoms with van der Waals surface area (Å²) in [6, 6.07) is 3.22. The zero-order valence-electron chi connectivity index (χ0n) is 8.77. The molecule has 0 aliphatic rings. The first-order chi connectivity index (χ1) is 7.49. The predicted molar refractivity (Wildman–Crippen MR) is 65.0 cm³/mol. The minimum atomic E-state index is -3.48. The highest BCUT2D eigenvalue weighted by Gasteiger charge is 2.18. The van der Waals surface area contributed by atoms with Crippen LogP contribution in [0.15, 0.2) is 20.1 Å². The van der Waals surface area contributed by atoms with Crippen LogP contribution in [-0.4, -0.2) is 35.5 Å². The molecule has 0 saturated carbocycles. The van der Waals surface area contributed by atoms with Crippen molar-refractivity contribution in [1.82, 2.24) is 4.72 Å². The van der Waals surface area contributed by atoms with Gasteiger partial charge < -0.3 is 9.47 Å². The van der Waals surface area contributed by atoms with Crippen LogP contribution < -0.4 is 4.72 Å². The number of nitrogens with one attached hydrogen (secondary N) is 1. The highest BCUT2D eigenvalue weighted by Crippen LogP contribution is 2.25. The third kappa shape index (κ3) is 3.79. The number of thiophene rings is 1. The molecule has 0 unspecified atom stereocenters. The fraction of sp³-hybridized carbons (Fsp3) is 0.500. The van der Waals surface area contributed by atoms with Crippen LogP contribution in [0.3, 0.4) is 0 Å². The molecule has 1 aromatic rings. The number of sulfonamides is 1. The van der Waals surface area contributed by atoms with Gasteiger partial charge in [0.15, 0.2) is 6.29 Å². The summed E-state index contributed by atoms with van der Waals surface area (Å²) in [5.74, 6) is 0. The van der Waals surface area contributed by atoms with Crippen molar-refractivity contribution in [2.75, 3.05) is 20.8 Å². The third-order valence-corrected chi connectivity index (χ3v) is 5.32. The lowest BCUT2D eigenvalue weighted by Crippen LogP contribution is -2.33. The van der Waals surface area contributed by atoms with E-state index < -0.39 is 16.3 Å². The molecule has 92 valence electrons. The molecule has 0 amide bonds. The molecule has 0 spiro atoms. The standard InChI is InChI=1S/C8H12BrNO4S2/c1-13-7(14-2)5-10-16(11,12)8-4-3-6(9)15-8/h3-4,7,10H,5H2,1-2H3. The average Bonchev–Trinajstić information content (AvgIpc) is 2.67. The van der Waals surface area contributed by atoms with E-state index in [1.54, 1.807) is 6.07 Å².